The van der Waals surface area contributed by atoms with Gasteiger partial charge >= 0.3 is 0 Å². The molecule has 5 nitrogen and oxygen atoms in total. The first-order valence-corrected chi connectivity index (χ1v) is 4.19. The van der Waals surface area contributed by atoms with Gasteiger partial charge in [0.2, 0.25) is 0 Å². The molecule has 12 heavy (non-hydrogen) atoms. The van der Waals surface area contributed by atoms with E-state index in [0.717, 1.165) is 11.6 Å². The molecular weight excluding hydrogens is 160 g/mol. The fourth-order valence-electron chi connectivity index (χ4n) is 0.915. The van der Waals surface area contributed by atoms with E-state index in [1.807, 2.05) is 6.92 Å². The van der Waals surface area contributed by atoms with Crippen molar-refractivity contribution in [2.75, 3.05) is 32.8 Å². The molecule has 0 amide bonds. The Balaban J connectivity index is 3.72. The SMILES string of the molecule is CCCN(O)N(CCO)CCO. The molecule has 0 aromatic carbocycles. The summed E-state index contributed by atoms with van der Waals surface area (Å²) in [4.78, 5) is 0. The van der Waals surface area contributed by atoms with Crippen LogP contribution < -0.4 is 0 Å². The lowest BCUT2D eigenvalue weighted by Crippen LogP contribution is -2.44. The van der Waals surface area contributed by atoms with Crippen molar-refractivity contribution >= 4 is 0 Å². The highest BCUT2D eigenvalue weighted by atomic mass is 16.5. The van der Waals surface area contributed by atoms with Crippen molar-refractivity contribution in [2.45, 2.75) is 13.3 Å². The molecule has 0 aromatic rings. The molecule has 0 aliphatic carbocycles. The lowest BCUT2D eigenvalue weighted by atomic mass is 10.5. The van der Waals surface area contributed by atoms with E-state index in [0.29, 0.717) is 19.6 Å². The molecule has 74 valence electrons. The fraction of sp³-hybridized carbons (Fsp3) is 1.00. The van der Waals surface area contributed by atoms with Crippen LogP contribution in [0.25, 0.3) is 0 Å². The molecule has 0 radical (unpaired) electrons. The molecular formula is C7H18N2O3. The van der Waals surface area contributed by atoms with Gasteiger partial charge in [0, 0.05) is 19.6 Å². The van der Waals surface area contributed by atoms with E-state index in [1.165, 1.54) is 5.01 Å². The second-order valence-electron chi connectivity index (χ2n) is 2.50. The average Bonchev–Trinajstić information content (AvgIpc) is 2.04. The molecule has 3 N–H and O–H groups in total. The van der Waals surface area contributed by atoms with E-state index in [9.17, 15) is 5.21 Å². The summed E-state index contributed by atoms with van der Waals surface area (Å²) in [6, 6.07) is 0. The van der Waals surface area contributed by atoms with Crippen LogP contribution in [0, 0.1) is 0 Å². The highest BCUT2D eigenvalue weighted by molar-refractivity contribution is 4.48. The van der Waals surface area contributed by atoms with Crippen molar-refractivity contribution in [1.82, 2.24) is 10.2 Å². The average molecular weight is 178 g/mol. The number of hydrogen-bond acceptors (Lipinski definition) is 5. The minimum absolute atomic E-state index is 0.0270. The van der Waals surface area contributed by atoms with Crippen LogP contribution >= 0.6 is 0 Å². The Bertz CT molecular complexity index is 96.7. The summed E-state index contributed by atoms with van der Waals surface area (Å²) in [6.07, 6.45) is 0.823. The number of rotatable bonds is 7. The third-order valence-corrected chi connectivity index (χ3v) is 1.47. The second-order valence-corrected chi connectivity index (χ2v) is 2.50. The number of hydrogen-bond donors (Lipinski definition) is 3. The quantitative estimate of drug-likeness (QED) is 0.449. The summed E-state index contributed by atoms with van der Waals surface area (Å²) in [5.41, 5.74) is 0. The first kappa shape index (κ1) is 11.8. The van der Waals surface area contributed by atoms with Crippen LogP contribution in [0.15, 0.2) is 0 Å². The third-order valence-electron chi connectivity index (χ3n) is 1.47. The molecule has 0 rings (SSSR count). The van der Waals surface area contributed by atoms with Crippen LogP contribution in [0.2, 0.25) is 0 Å². The highest BCUT2D eigenvalue weighted by Crippen LogP contribution is 1.94. The van der Waals surface area contributed by atoms with E-state index in [4.69, 9.17) is 10.2 Å². The highest BCUT2D eigenvalue weighted by Gasteiger charge is 2.09. The third kappa shape index (κ3) is 4.63. The van der Waals surface area contributed by atoms with E-state index in [-0.39, 0.29) is 13.2 Å². The van der Waals surface area contributed by atoms with Gasteiger partial charge in [-0.2, -0.15) is 0 Å². The zero-order chi connectivity index (χ0) is 9.40. The molecule has 0 atom stereocenters. The van der Waals surface area contributed by atoms with Gasteiger partial charge in [-0.3, -0.25) is 5.21 Å². The summed E-state index contributed by atoms with van der Waals surface area (Å²) in [5, 5.41) is 29.1. The summed E-state index contributed by atoms with van der Waals surface area (Å²) in [6.45, 7) is 3.09. The summed E-state index contributed by atoms with van der Waals surface area (Å²) in [5.74, 6) is 0. The smallest absolute Gasteiger partial charge is 0.0573 e. The Kier molecular flexibility index (Phi) is 7.33. The van der Waals surface area contributed by atoms with Gasteiger partial charge < -0.3 is 10.2 Å². The minimum atomic E-state index is -0.0270. The zero-order valence-electron chi connectivity index (χ0n) is 7.48. The molecule has 0 aliphatic heterocycles. The molecule has 0 saturated heterocycles. The number of aliphatic hydroxyl groups excluding tert-OH is 2. The van der Waals surface area contributed by atoms with Crippen LogP contribution in [0.4, 0.5) is 0 Å². The lowest BCUT2D eigenvalue weighted by molar-refractivity contribution is -0.249. The standard InChI is InChI=1S/C7H18N2O3/c1-2-3-9(12)8(4-6-10)5-7-11/h10-12H,2-7H2,1H3. The molecule has 0 spiro atoms. The Morgan fingerprint density at radius 2 is 1.50 bits per heavy atom. The molecule has 0 aromatic heterocycles. The monoisotopic (exact) mass is 178 g/mol. The van der Waals surface area contributed by atoms with Crippen LogP contribution in [-0.4, -0.2) is 58.4 Å². The Morgan fingerprint density at radius 3 is 1.83 bits per heavy atom. The zero-order valence-corrected chi connectivity index (χ0v) is 7.48. The van der Waals surface area contributed by atoms with Crippen molar-refractivity contribution in [1.29, 1.82) is 0 Å². The molecule has 5 heteroatoms. The van der Waals surface area contributed by atoms with Crippen molar-refractivity contribution in [3.05, 3.63) is 0 Å². The number of nitrogens with zero attached hydrogens (tertiary/aromatic N) is 2. The van der Waals surface area contributed by atoms with Gasteiger partial charge in [-0.15, -0.1) is 5.17 Å². The van der Waals surface area contributed by atoms with Gasteiger partial charge in [0.15, 0.2) is 0 Å². The van der Waals surface area contributed by atoms with E-state index >= 15 is 0 Å². The fourth-order valence-corrected chi connectivity index (χ4v) is 0.915. The van der Waals surface area contributed by atoms with Crippen molar-refractivity contribution in [3.8, 4) is 0 Å². The van der Waals surface area contributed by atoms with Gasteiger partial charge in [0.25, 0.3) is 0 Å². The molecule has 0 bridgehead atoms. The predicted molar refractivity (Wildman–Crippen MR) is 44.5 cm³/mol. The van der Waals surface area contributed by atoms with Crippen LogP contribution in [-0.2, 0) is 0 Å². The first-order valence-electron chi connectivity index (χ1n) is 4.19. The maximum absolute atomic E-state index is 9.31. The van der Waals surface area contributed by atoms with Crippen LogP contribution in [0.5, 0.6) is 0 Å². The van der Waals surface area contributed by atoms with E-state index < -0.39 is 0 Å². The normalized spacial score (nSPS) is 11.5. The Morgan fingerprint density at radius 1 is 1.00 bits per heavy atom. The molecule has 0 fully saturated rings. The van der Waals surface area contributed by atoms with Gasteiger partial charge in [-0.05, 0) is 6.42 Å². The molecule has 0 unspecified atom stereocenters. The number of hydrazine groups is 1. The van der Waals surface area contributed by atoms with E-state index in [1.54, 1.807) is 0 Å². The van der Waals surface area contributed by atoms with Crippen molar-refractivity contribution in [2.24, 2.45) is 0 Å². The summed E-state index contributed by atoms with van der Waals surface area (Å²) >= 11 is 0. The second kappa shape index (κ2) is 7.45. The first-order chi connectivity index (χ1) is 5.76. The maximum atomic E-state index is 9.31. The van der Waals surface area contributed by atoms with Crippen LogP contribution in [0.3, 0.4) is 0 Å². The topological polar surface area (TPSA) is 67.2 Å². The number of aliphatic hydroxyl groups is 2. The minimum Gasteiger partial charge on any atom is -0.395 e. The van der Waals surface area contributed by atoms with Crippen molar-refractivity contribution < 1.29 is 15.4 Å². The van der Waals surface area contributed by atoms with Gasteiger partial charge in [0.05, 0.1) is 13.2 Å². The predicted octanol–water partition coefficient (Wildman–Crippen LogP) is -0.711. The van der Waals surface area contributed by atoms with Gasteiger partial charge in [-0.25, -0.2) is 5.01 Å². The summed E-state index contributed by atoms with van der Waals surface area (Å²) < 4.78 is 0. The summed E-state index contributed by atoms with van der Waals surface area (Å²) in [7, 11) is 0. The Hall–Kier alpha value is -0.200. The molecule has 0 saturated carbocycles. The largest absolute Gasteiger partial charge is 0.395 e. The molecule has 0 heterocycles. The lowest BCUT2D eigenvalue weighted by Gasteiger charge is -2.28. The Labute approximate surface area is 72.8 Å². The van der Waals surface area contributed by atoms with Gasteiger partial charge in [0.1, 0.15) is 0 Å². The van der Waals surface area contributed by atoms with Crippen LogP contribution in [0.1, 0.15) is 13.3 Å². The van der Waals surface area contributed by atoms with E-state index in [2.05, 4.69) is 0 Å². The molecule has 0 aliphatic rings. The van der Waals surface area contributed by atoms with Crippen molar-refractivity contribution in [3.63, 3.8) is 0 Å². The number of hydroxylamine groups is 1. The van der Waals surface area contributed by atoms with Gasteiger partial charge in [-0.1, -0.05) is 6.92 Å². The maximum Gasteiger partial charge on any atom is 0.0573 e.